The van der Waals surface area contributed by atoms with Gasteiger partial charge in [0.1, 0.15) is 0 Å². The Bertz CT molecular complexity index is 2130. The number of hydrogen-bond donors (Lipinski definition) is 0. The van der Waals surface area contributed by atoms with E-state index in [0.717, 1.165) is 0 Å². The van der Waals surface area contributed by atoms with E-state index in [0.29, 0.717) is 0 Å². The standard InChI is InChI=1S/C38H24/c1-2-12-28-24-29(23-20-25(28)10-1)37-31-15-5-7-17-33(31)38(34-18-8-6-16-32(34)37)35-19-9-13-27-22-21-26-11-3-4-14-30(26)36(27)35/h1-24H. The maximum atomic E-state index is 2.34. The third kappa shape index (κ3) is 3.11. The number of hydrogen-bond acceptors (Lipinski definition) is 0. The summed E-state index contributed by atoms with van der Waals surface area (Å²) in [7, 11) is 0. The van der Waals surface area contributed by atoms with E-state index >= 15 is 0 Å². The van der Waals surface area contributed by atoms with Gasteiger partial charge in [-0.2, -0.15) is 0 Å². The zero-order valence-corrected chi connectivity index (χ0v) is 20.9. The van der Waals surface area contributed by atoms with Crippen LogP contribution in [0.25, 0.3) is 76.1 Å². The van der Waals surface area contributed by atoms with Gasteiger partial charge in [0, 0.05) is 0 Å². The van der Waals surface area contributed by atoms with Crippen LogP contribution in [0.1, 0.15) is 0 Å². The van der Waals surface area contributed by atoms with E-state index < -0.39 is 0 Å². The van der Waals surface area contributed by atoms with Crippen molar-refractivity contribution in [3.63, 3.8) is 0 Å². The molecule has 0 heteroatoms. The second-order valence-corrected chi connectivity index (χ2v) is 10.1. The maximum absolute atomic E-state index is 2.34. The Morgan fingerprint density at radius 1 is 0.289 bits per heavy atom. The lowest BCUT2D eigenvalue weighted by Gasteiger charge is -2.19. The number of rotatable bonds is 2. The molecule has 0 amide bonds. The molecule has 0 aliphatic rings. The molecule has 0 radical (unpaired) electrons. The van der Waals surface area contributed by atoms with Gasteiger partial charge in [-0.1, -0.05) is 140 Å². The van der Waals surface area contributed by atoms with Crippen LogP contribution in [-0.2, 0) is 0 Å². The van der Waals surface area contributed by atoms with Crippen LogP contribution in [0.3, 0.4) is 0 Å². The van der Waals surface area contributed by atoms with Crippen LogP contribution in [0.5, 0.6) is 0 Å². The van der Waals surface area contributed by atoms with Crippen molar-refractivity contribution >= 4 is 53.9 Å². The molecule has 0 spiro atoms. The smallest absolute Gasteiger partial charge is 0.00199 e. The van der Waals surface area contributed by atoms with Crippen molar-refractivity contribution in [2.75, 3.05) is 0 Å². The molecule has 8 aromatic rings. The molecule has 0 aromatic heterocycles. The first kappa shape index (κ1) is 21.2. The first-order valence-electron chi connectivity index (χ1n) is 13.2. The molecule has 38 heavy (non-hydrogen) atoms. The first-order chi connectivity index (χ1) is 18.9. The summed E-state index contributed by atoms with van der Waals surface area (Å²) in [6.45, 7) is 0. The van der Waals surface area contributed by atoms with E-state index in [-0.39, 0.29) is 0 Å². The van der Waals surface area contributed by atoms with Crippen molar-refractivity contribution in [1.29, 1.82) is 0 Å². The Labute approximate surface area is 221 Å². The monoisotopic (exact) mass is 480 g/mol. The molecular weight excluding hydrogens is 456 g/mol. The highest BCUT2D eigenvalue weighted by Gasteiger charge is 2.18. The Balaban J connectivity index is 1.55. The van der Waals surface area contributed by atoms with Crippen molar-refractivity contribution in [3.8, 4) is 22.3 Å². The molecule has 0 fully saturated rings. The molecule has 0 bridgehead atoms. The quantitative estimate of drug-likeness (QED) is 0.170. The minimum Gasteiger partial charge on any atom is -0.0616 e. The first-order valence-corrected chi connectivity index (χ1v) is 13.2. The highest BCUT2D eigenvalue weighted by Crippen LogP contribution is 2.46. The largest absolute Gasteiger partial charge is 0.0616 e. The highest BCUT2D eigenvalue weighted by atomic mass is 14.2. The van der Waals surface area contributed by atoms with Crippen LogP contribution in [-0.4, -0.2) is 0 Å². The van der Waals surface area contributed by atoms with E-state index in [4.69, 9.17) is 0 Å². The zero-order chi connectivity index (χ0) is 25.1. The summed E-state index contributed by atoms with van der Waals surface area (Å²) >= 11 is 0. The van der Waals surface area contributed by atoms with Gasteiger partial charge in [-0.15, -0.1) is 0 Å². The molecule has 8 aromatic carbocycles. The highest BCUT2D eigenvalue weighted by molar-refractivity contribution is 6.26. The summed E-state index contributed by atoms with van der Waals surface area (Å²) in [4.78, 5) is 0. The van der Waals surface area contributed by atoms with Gasteiger partial charge >= 0.3 is 0 Å². The summed E-state index contributed by atoms with van der Waals surface area (Å²) in [5.41, 5.74) is 5.15. The molecule has 0 atom stereocenters. The minimum absolute atomic E-state index is 1.26. The van der Waals surface area contributed by atoms with Crippen molar-refractivity contribution in [2.45, 2.75) is 0 Å². The summed E-state index contributed by atoms with van der Waals surface area (Å²) in [5, 5.41) is 12.8. The number of fused-ring (bicyclic) bond motifs is 6. The lowest BCUT2D eigenvalue weighted by Crippen LogP contribution is -1.92. The van der Waals surface area contributed by atoms with Gasteiger partial charge < -0.3 is 0 Å². The summed E-state index contributed by atoms with van der Waals surface area (Å²) in [6.07, 6.45) is 0. The normalized spacial score (nSPS) is 11.7. The molecule has 0 unspecified atom stereocenters. The summed E-state index contributed by atoms with van der Waals surface area (Å²) < 4.78 is 0. The van der Waals surface area contributed by atoms with E-state index in [1.165, 1.54) is 76.1 Å². The van der Waals surface area contributed by atoms with Crippen molar-refractivity contribution in [2.24, 2.45) is 0 Å². The van der Waals surface area contributed by atoms with Gasteiger partial charge in [0.25, 0.3) is 0 Å². The Morgan fingerprint density at radius 3 is 1.50 bits per heavy atom. The Morgan fingerprint density at radius 2 is 0.789 bits per heavy atom. The van der Waals surface area contributed by atoms with Gasteiger partial charge in [-0.05, 0) is 82.2 Å². The van der Waals surface area contributed by atoms with Crippen LogP contribution in [0.15, 0.2) is 146 Å². The fraction of sp³-hybridized carbons (Fsp3) is 0. The van der Waals surface area contributed by atoms with Crippen LogP contribution in [0, 0.1) is 0 Å². The molecule has 0 saturated heterocycles. The van der Waals surface area contributed by atoms with E-state index in [1.807, 2.05) is 0 Å². The number of benzene rings is 8. The fourth-order valence-electron chi connectivity index (χ4n) is 6.34. The van der Waals surface area contributed by atoms with Crippen molar-refractivity contribution in [1.82, 2.24) is 0 Å². The molecule has 0 saturated carbocycles. The van der Waals surface area contributed by atoms with Crippen LogP contribution in [0.2, 0.25) is 0 Å². The van der Waals surface area contributed by atoms with Crippen LogP contribution < -0.4 is 0 Å². The topological polar surface area (TPSA) is 0 Å². The van der Waals surface area contributed by atoms with Gasteiger partial charge in [-0.3, -0.25) is 0 Å². The second kappa shape index (κ2) is 8.30. The molecule has 0 aliphatic carbocycles. The third-order valence-electron chi connectivity index (χ3n) is 8.01. The lowest BCUT2D eigenvalue weighted by molar-refractivity contribution is 1.69. The average Bonchev–Trinajstić information content (AvgIpc) is 2.99. The molecule has 8 rings (SSSR count). The summed E-state index contributed by atoms with van der Waals surface area (Å²) in [5.74, 6) is 0. The summed E-state index contributed by atoms with van der Waals surface area (Å²) in [6, 6.07) is 53.3. The molecular formula is C38H24. The molecule has 0 aliphatic heterocycles. The Kier molecular flexibility index (Phi) is 4.62. The lowest BCUT2D eigenvalue weighted by atomic mass is 9.84. The van der Waals surface area contributed by atoms with Crippen LogP contribution >= 0.6 is 0 Å². The molecule has 0 heterocycles. The van der Waals surface area contributed by atoms with Gasteiger partial charge in [0.2, 0.25) is 0 Å². The molecule has 0 nitrogen and oxygen atoms in total. The molecule has 176 valence electrons. The third-order valence-corrected chi connectivity index (χ3v) is 8.01. The second-order valence-electron chi connectivity index (χ2n) is 10.1. The predicted molar refractivity (Wildman–Crippen MR) is 165 cm³/mol. The van der Waals surface area contributed by atoms with Gasteiger partial charge in [0.15, 0.2) is 0 Å². The fourth-order valence-corrected chi connectivity index (χ4v) is 6.34. The van der Waals surface area contributed by atoms with E-state index in [2.05, 4.69) is 146 Å². The zero-order valence-electron chi connectivity index (χ0n) is 20.9. The SMILES string of the molecule is c1ccc2cc(-c3c4ccccc4c(-c4cccc5ccc6ccccc6c45)c4ccccc34)ccc2c1. The minimum atomic E-state index is 1.26. The van der Waals surface area contributed by atoms with E-state index in [1.54, 1.807) is 0 Å². The maximum Gasteiger partial charge on any atom is -0.00199 e. The van der Waals surface area contributed by atoms with Gasteiger partial charge in [0.05, 0.1) is 0 Å². The average molecular weight is 481 g/mol. The van der Waals surface area contributed by atoms with E-state index in [9.17, 15) is 0 Å². The van der Waals surface area contributed by atoms with Crippen molar-refractivity contribution in [3.05, 3.63) is 146 Å². The molecule has 0 N–H and O–H groups in total. The van der Waals surface area contributed by atoms with Crippen molar-refractivity contribution < 1.29 is 0 Å². The van der Waals surface area contributed by atoms with Gasteiger partial charge in [-0.25, -0.2) is 0 Å². The predicted octanol–water partition coefficient (Wildman–Crippen LogP) is 10.8. The Hall–Kier alpha value is -4.94. The van der Waals surface area contributed by atoms with Crippen LogP contribution in [0.4, 0.5) is 0 Å².